The minimum atomic E-state index is -0.0281. The maximum atomic E-state index is 11.9. The summed E-state index contributed by atoms with van der Waals surface area (Å²) < 4.78 is 0. The van der Waals surface area contributed by atoms with Gasteiger partial charge in [-0.3, -0.25) is 9.59 Å². The van der Waals surface area contributed by atoms with Crippen LogP contribution in [0.4, 0.5) is 0 Å². The number of unbranched alkanes of at least 4 members (excludes halogenated alkanes) is 3. The lowest BCUT2D eigenvalue weighted by atomic mass is 9.98. The third kappa shape index (κ3) is 12.3. The third-order valence-corrected chi connectivity index (χ3v) is 3.92. The molecule has 0 aromatic carbocycles. The molecule has 2 N–H and O–H groups in total. The van der Waals surface area contributed by atoms with Gasteiger partial charge in [0.25, 0.3) is 0 Å². The number of carbonyl (C=O) groups is 2. The molecule has 2 amide bonds. The third-order valence-electron chi connectivity index (χ3n) is 3.92. The maximum Gasteiger partial charge on any atom is 0.241 e. The molecule has 1 fully saturated rings. The SMILES string of the molecule is CC.CC.CCCCCCC(=O)NCC(=O)N1CCC(CO)CC1. The van der Waals surface area contributed by atoms with E-state index in [0.29, 0.717) is 25.4 Å². The van der Waals surface area contributed by atoms with Gasteiger partial charge in [-0.1, -0.05) is 53.9 Å². The molecule has 1 aliphatic heterocycles. The topological polar surface area (TPSA) is 69.6 Å². The van der Waals surface area contributed by atoms with Gasteiger partial charge in [-0.05, 0) is 25.2 Å². The van der Waals surface area contributed by atoms with Crippen LogP contribution in [0.1, 0.15) is 79.6 Å². The molecule has 24 heavy (non-hydrogen) atoms. The molecule has 0 aliphatic carbocycles. The van der Waals surface area contributed by atoms with Gasteiger partial charge < -0.3 is 15.3 Å². The number of rotatable bonds is 8. The number of aliphatic hydroxyl groups is 1. The van der Waals surface area contributed by atoms with Gasteiger partial charge in [-0.25, -0.2) is 0 Å². The van der Waals surface area contributed by atoms with Gasteiger partial charge in [0, 0.05) is 26.1 Å². The summed E-state index contributed by atoms with van der Waals surface area (Å²) in [5, 5.41) is 11.8. The molecule has 0 atom stereocenters. The van der Waals surface area contributed by atoms with Crippen molar-refractivity contribution in [3.8, 4) is 0 Å². The summed E-state index contributed by atoms with van der Waals surface area (Å²) in [6, 6.07) is 0. The van der Waals surface area contributed by atoms with Gasteiger partial charge in [0.2, 0.25) is 11.8 Å². The second kappa shape index (κ2) is 18.2. The van der Waals surface area contributed by atoms with Crippen molar-refractivity contribution in [3.63, 3.8) is 0 Å². The van der Waals surface area contributed by atoms with Crippen molar-refractivity contribution < 1.29 is 14.7 Å². The number of amides is 2. The first-order valence-electron chi connectivity index (χ1n) is 9.82. The molecule has 0 bridgehead atoms. The molecule has 1 saturated heterocycles. The van der Waals surface area contributed by atoms with E-state index in [1.54, 1.807) is 4.90 Å². The standard InChI is InChI=1S/C15H28N2O3.2C2H6/c1-2-3-4-5-6-14(19)16-11-15(20)17-9-7-13(12-18)8-10-17;2*1-2/h13,18H,2-12H2,1H3,(H,16,19);2*1-2H3. The van der Waals surface area contributed by atoms with Crippen molar-refractivity contribution in [2.75, 3.05) is 26.2 Å². The van der Waals surface area contributed by atoms with E-state index >= 15 is 0 Å². The molecular formula is C19H40N2O3. The molecule has 0 radical (unpaired) electrons. The zero-order valence-corrected chi connectivity index (χ0v) is 16.6. The molecule has 0 aromatic rings. The lowest BCUT2D eigenvalue weighted by Gasteiger charge is -2.31. The summed E-state index contributed by atoms with van der Waals surface area (Å²) in [6.07, 6.45) is 6.51. The molecule has 1 aliphatic rings. The van der Waals surface area contributed by atoms with Crippen LogP contribution in [0.15, 0.2) is 0 Å². The molecule has 5 heteroatoms. The zero-order valence-electron chi connectivity index (χ0n) is 16.6. The Balaban J connectivity index is 0. The summed E-state index contributed by atoms with van der Waals surface area (Å²) in [6.45, 7) is 11.8. The molecule has 0 saturated carbocycles. The van der Waals surface area contributed by atoms with E-state index in [1.165, 1.54) is 0 Å². The smallest absolute Gasteiger partial charge is 0.241 e. The Labute approximate surface area is 149 Å². The van der Waals surface area contributed by atoms with Crippen molar-refractivity contribution in [2.45, 2.75) is 79.6 Å². The van der Waals surface area contributed by atoms with Crippen LogP contribution in [-0.2, 0) is 9.59 Å². The zero-order chi connectivity index (χ0) is 18.8. The fourth-order valence-corrected chi connectivity index (χ4v) is 2.45. The molecule has 144 valence electrons. The van der Waals surface area contributed by atoms with Crippen LogP contribution in [0.3, 0.4) is 0 Å². The molecular weight excluding hydrogens is 304 g/mol. The minimum absolute atomic E-state index is 0.0108. The second-order valence-corrected chi connectivity index (χ2v) is 5.59. The van der Waals surface area contributed by atoms with Crippen LogP contribution >= 0.6 is 0 Å². The van der Waals surface area contributed by atoms with Crippen molar-refractivity contribution in [3.05, 3.63) is 0 Å². The van der Waals surface area contributed by atoms with Crippen LogP contribution in [0.25, 0.3) is 0 Å². The first-order chi connectivity index (χ1) is 11.7. The quantitative estimate of drug-likeness (QED) is 0.663. The number of hydrogen-bond acceptors (Lipinski definition) is 3. The van der Waals surface area contributed by atoms with Gasteiger partial charge in [0.1, 0.15) is 0 Å². The Morgan fingerprint density at radius 1 is 1.04 bits per heavy atom. The first-order valence-corrected chi connectivity index (χ1v) is 9.82. The molecule has 0 spiro atoms. The Morgan fingerprint density at radius 3 is 2.12 bits per heavy atom. The van der Waals surface area contributed by atoms with Crippen LogP contribution in [-0.4, -0.2) is 48.1 Å². The highest BCUT2D eigenvalue weighted by molar-refractivity contribution is 5.84. The Morgan fingerprint density at radius 2 is 1.62 bits per heavy atom. The largest absolute Gasteiger partial charge is 0.396 e. The van der Waals surface area contributed by atoms with Gasteiger partial charge in [0.05, 0.1) is 6.54 Å². The van der Waals surface area contributed by atoms with Crippen LogP contribution in [0, 0.1) is 5.92 Å². The van der Waals surface area contributed by atoms with Crippen molar-refractivity contribution in [2.24, 2.45) is 5.92 Å². The van der Waals surface area contributed by atoms with E-state index in [-0.39, 0.29) is 25.0 Å². The highest BCUT2D eigenvalue weighted by atomic mass is 16.3. The van der Waals surface area contributed by atoms with E-state index in [0.717, 1.165) is 38.5 Å². The summed E-state index contributed by atoms with van der Waals surface area (Å²) in [5.74, 6) is 0.287. The monoisotopic (exact) mass is 344 g/mol. The second-order valence-electron chi connectivity index (χ2n) is 5.59. The highest BCUT2D eigenvalue weighted by Crippen LogP contribution is 2.16. The Kier molecular flexibility index (Phi) is 19.1. The van der Waals surface area contributed by atoms with Gasteiger partial charge in [-0.2, -0.15) is 0 Å². The van der Waals surface area contributed by atoms with Gasteiger partial charge in [0.15, 0.2) is 0 Å². The maximum absolute atomic E-state index is 11.9. The number of aliphatic hydroxyl groups excluding tert-OH is 1. The summed E-state index contributed by atoms with van der Waals surface area (Å²) in [4.78, 5) is 25.3. The Bertz CT molecular complexity index is 301. The van der Waals surface area contributed by atoms with E-state index in [2.05, 4.69) is 12.2 Å². The van der Waals surface area contributed by atoms with Crippen LogP contribution < -0.4 is 5.32 Å². The molecule has 1 rings (SSSR count). The van der Waals surface area contributed by atoms with Crippen molar-refractivity contribution in [1.29, 1.82) is 0 Å². The fraction of sp³-hybridized carbons (Fsp3) is 0.895. The number of carbonyl (C=O) groups excluding carboxylic acids is 2. The van der Waals surface area contributed by atoms with Crippen molar-refractivity contribution in [1.82, 2.24) is 10.2 Å². The number of piperidine rings is 1. The van der Waals surface area contributed by atoms with Crippen LogP contribution in [0.5, 0.6) is 0 Å². The van der Waals surface area contributed by atoms with Crippen molar-refractivity contribution >= 4 is 11.8 Å². The normalized spacial score (nSPS) is 14.0. The predicted octanol–water partition coefficient (Wildman–Crippen LogP) is 3.36. The summed E-state index contributed by atoms with van der Waals surface area (Å²) in [7, 11) is 0. The van der Waals surface area contributed by atoms with Gasteiger partial charge >= 0.3 is 0 Å². The van der Waals surface area contributed by atoms with Crippen LogP contribution in [0.2, 0.25) is 0 Å². The molecule has 5 nitrogen and oxygen atoms in total. The Hall–Kier alpha value is -1.10. The summed E-state index contributed by atoms with van der Waals surface area (Å²) >= 11 is 0. The van der Waals surface area contributed by atoms with E-state index in [9.17, 15) is 9.59 Å². The fourth-order valence-electron chi connectivity index (χ4n) is 2.45. The first kappa shape index (κ1) is 25.1. The van der Waals surface area contributed by atoms with E-state index in [4.69, 9.17) is 5.11 Å². The predicted molar refractivity (Wildman–Crippen MR) is 101 cm³/mol. The number of nitrogens with zero attached hydrogens (tertiary/aromatic N) is 1. The molecule has 0 unspecified atom stereocenters. The summed E-state index contributed by atoms with van der Waals surface area (Å²) in [5.41, 5.74) is 0. The highest BCUT2D eigenvalue weighted by Gasteiger charge is 2.22. The number of nitrogens with one attached hydrogen (secondary N) is 1. The molecule has 0 aromatic heterocycles. The number of likely N-dealkylation sites (tertiary alicyclic amines) is 1. The average molecular weight is 345 g/mol. The molecule has 1 heterocycles. The van der Waals surface area contributed by atoms with E-state index < -0.39 is 0 Å². The van der Waals surface area contributed by atoms with Gasteiger partial charge in [-0.15, -0.1) is 0 Å². The van der Waals surface area contributed by atoms with E-state index in [1.807, 2.05) is 27.7 Å². The minimum Gasteiger partial charge on any atom is -0.396 e. The number of hydrogen-bond donors (Lipinski definition) is 2. The lowest BCUT2D eigenvalue weighted by Crippen LogP contribution is -2.44. The lowest BCUT2D eigenvalue weighted by molar-refractivity contribution is -0.134. The average Bonchev–Trinajstić information content (AvgIpc) is 2.66.